The molecule has 3 unspecified atom stereocenters. The number of para-hydroxylation sites is 1. The third-order valence-corrected chi connectivity index (χ3v) is 5.31. The van der Waals surface area contributed by atoms with E-state index >= 15 is 0 Å². The first kappa shape index (κ1) is 19.5. The number of hydrogen-bond acceptors (Lipinski definition) is 4. The summed E-state index contributed by atoms with van der Waals surface area (Å²) in [7, 11) is 0. The number of piperidine rings is 1. The van der Waals surface area contributed by atoms with Crippen LogP contribution in [0.5, 0.6) is 5.75 Å². The van der Waals surface area contributed by atoms with Crippen molar-refractivity contribution in [3.05, 3.63) is 29.8 Å². The fraction of sp³-hybridized carbons (Fsp3) is 0.579. The first-order valence-corrected chi connectivity index (χ1v) is 9.33. The van der Waals surface area contributed by atoms with E-state index in [1.807, 2.05) is 0 Å². The van der Waals surface area contributed by atoms with E-state index in [4.69, 9.17) is 0 Å². The van der Waals surface area contributed by atoms with Gasteiger partial charge in [-0.2, -0.15) is 8.78 Å². The zero-order valence-electron chi connectivity index (χ0n) is 15.3. The molecule has 2 aliphatic rings. The summed E-state index contributed by atoms with van der Waals surface area (Å²) in [5.41, 5.74) is 0.0465. The summed E-state index contributed by atoms with van der Waals surface area (Å²) in [5, 5.41) is 6.31. The number of rotatable bonds is 5. The minimum absolute atomic E-state index is 0.0262. The fourth-order valence-electron chi connectivity index (χ4n) is 3.74. The molecule has 0 bridgehead atoms. The van der Waals surface area contributed by atoms with Crippen molar-refractivity contribution in [1.29, 1.82) is 0 Å². The number of benzene rings is 1. The highest BCUT2D eigenvalue weighted by Crippen LogP contribution is 2.26. The number of alkyl halides is 2. The summed E-state index contributed by atoms with van der Waals surface area (Å²) in [4.78, 5) is 27.2. The molecule has 3 atom stereocenters. The van der Waals surface area contributed by atoms with Crippen LogP contribution in [0.1, 0.15) is 36.5 Å². The molecule has 2 heterocycles. The summed E-state index contributed by atoms with van der Waals surface area (Å²) in [6, 6.07) is 5.33. The Morgan fingerprint density at radius 2 is 2.07 bits per heavy atom. The van der Waals surface area contributed by atoms with Gasteiger partial charge in [0.15, 0.2) is 0 Å². The smallest absolute Gasteiger partial charge is 0.387 e. The molecule has 27 heavy (non-hydrogen) atoms. The number of carbonyl (C=O) groups is 2. The lowest BCUT2D eigenvalue weighted by atomic mass is 9.94. The van der Waals surface area contributed by atoms with Gasteiger partial charge in [-0.15, -0.1) is 0 Å². The van der Waals surface area contributed by atoms with Gasteiger partial charge in [0.2, 0.25) is 5.91 Å². The predicted octanol–water partition coefficient (Wildman–Crippen LogP) is 2.01. The molecule has 2 saturated heterocycles. The quantitative estimate of drug-likeness (QED) is 0.819. The lowest BCUT2D eigenvalue weighted by Crippen LogP contribution is -2.55. The second-order valence-corrected chi connectivity index (χ2v) is 7.12. The zero-order valence-corrected chi connectivity index (χ0v) is 15.3. The average molecular weight is 381 g/mol. The molecule has 2 N–H and O–H groups in total. The Kier molecular flexibility index (Phi) is 6.26. The van der Waals surface area contributed by atoms with E-state index in [0.717, 1.165) is 13.0 Å². The fourth-order valence-corrected chi connectivity index (χ4v) is 3.74. The maximum absolute atomic E-state index is 12.9. The molecular weight excluding hydrogens is 356 g/mol. The Morgan fingerprint density at radius 1 is 1.30 bits per heavy atom. The van der Waals surface area contributed by atoms with Crippen LogP contribution in [0, 0.1) is 5.92 Å². The van der Waals surface area contributed by atoms with Crippen LogP contribution in [0.3, 0.4) is 0 Å². The Hall–Kier alpha value is -2.22. The van der Waals surface area contributed by atoms with Crippen LogP contribution in [-0.4, -0.2) is 55.0 Å². The first-order valence-electron chi connectivity index (χ1n) is 9.33. The maximum Gasteiger partial charge on any atom is 0.387 e. The zero-order chi connectivity index (χ0) is 19.4. The molecule has 8 heteroatoms. The van der Waals surface area contributed by atoms with E-state index in [0.29, 0.717) is 31.8 Å². The summed E-state index contributed by atoms with van der Waals surface area (Å²) in [6.45, 7) is 1.14. The summed E-state index contributed by atoms with van der Waals surface area (Å²) in [5.74, 6) is -0.457. The number of nitrogens with one attached hydrogen (secondary N) is 2. The molecule has 0 radical (unpaired) electrons. The summed E-state index contributed by atoms with van der Waals surface area (Å²) < 4.78 is 29.7. The molecule has 0 saturated carbocycles. The van der Waals surface area contributed by atoms with Gasteiger partial charge in [-0.05, 0) is 43.9 Å². The van der Waals surface area contributed by atoms with Gasteiger partial charge in [-0.25, -0.2) is 0 Å². The third kappa shape index (κ3) is 4.55. The second-order valence-electron chi connectivity index (χ2n) is 7.12. The molecule has 1 aromatic rings. The standard InChI is InChI=1S/C19H25F2N3O3/c1-12-8-9-22-11-14(12)23-17(25)15-6-4-10-24(15)18(26)13-5-2-3-7-16(13)27-19(20)21/h2-3,5,7,12,14-15,19,22H,4,6,8-11H2,1H3,(H,23,25). The minimum Gasteiger partial charge on any atom is -0.434 e. The Bertz CT molecular complexity index is 686. The number of hydrogen-bond donors (Lipinski definition) is 2. The van der Waals surface area contributed by atoms with E-state index in [-0.39, 0.29) is 23.3 Å². The van der Waals surface area contributed by atoms with Crippen molar-refractivity contribution >= 4 is 11.8 Å². The predicted molar refractivity (Wildman–Crippen MR) is 95.7 cm³/mol. The van der Waals surface area contributed by atoms with E-state index in [1.165, 1.54) is 23.1 Å². The van der Waals surface area contributed by atoms with E-state index in [1.54, 1.807) is 6.07 Å². The van der Waals surface area contributed by atoms with Gasteiger partial charge in [0, 0.05) is 19.1 Å². The highest BCUT2D eigenvalue weighted by molar-refractivity contribution is 6.00. The largest absolute Gasteiger partial charge is 0.434 e. The molecule has 1 aromatic carbocycles. The normalized spacial score (nSPS) is 25.5. The SMILES string of the molecule is CC1CCNCC1NC(=O)C1CCCN1C(=O)c1ccccc1OC(F)F. The molecule has 6 nitrogen and oxygen atoms in total. The van der Waals surface area contributed by atoms with Crippen molar-refractivity contribution in [1.82, 2.24) is 15.5 Å². The lowest BCUT2D eigenvalue weighted by molar-refractivity contribution is -0.126. The molecule has 2 aliphatic heterocycles. The van der Waals surface area contributed by atoms with Gasteiger partial charge in [-0.1, -0.05) is 19.1 Å². The molecule has 0 aliphatic carbocycles. The van der Waals surface area contributed by atoms with Crippen LogP contribution in [0.4, 0.5) is 8.78 Å². The van der Waals surface area contributed by atoms with Crippen LogP contribution in [0.25, 0.3) is 0 Å². The van der Waals surface area contributed by atoms with Crippen molar-refractivity contribution in [2.45, 2.75) is 44.9 Å². The number of carbonyl (C=O) groups excluding carboxylic acids is 2. The van der Waals surface area contributed by atoms with Crippen LogP contribution in [0.2, 0.25) is 0 Å². The Balaban J connectivity index is 1.72. The van der Waals surface area contributed by atoms with Gasteiger partial charge in [0.25, 0.3) is 5.91 Å². The average Bonchev–Trinajstić information content (AvgIpc) is 3.13. The van der Waals surface area contributed by atoms with Crippen LogP contribution >= 0.6 is 0 Å². The Morgan fingerprint density at radius 3 is 2.81 bits per heavy atom. The van der Waals surface area contributed by atoms with Gasteiger partial charge in [0.1, 0.15) is 11.8 Å². The lowest BCUT2D eigenvalue weighted by Gasteiger charge is -2.32. The molecule has 3 rings (SSSR count). The number of ether oxygens (including phenoxy) is 1. The van der Waals surface area contributed by atoms with Gasteiger partial charge in [0.05, 0.1) is 5.56 Å². The molecule has 2 fully saturated rings. The number of amides is 2. The third-order valence-electron chi connectivity index (χ3n) is 5.31. The van der Waals surface area contributed by atoms with E-state index in [9.17, 15) is 18.4 Å². The second kappa shape index (κ2) is 8.65. The topological polar surface area (TPSA) is 70.7 Å². The van der Waals surface area contributed by atoms with Crippen molar-refractivity contribution in [3.63, 3.8) is 0 Å². The molecular formula is C19H25F2N3O3. The Labute approximate surface area is 157 Å². The van der Waals surface area contributed by atoms with Crippen molar-refractivity contribution < 1.29 is 23.1 Å². The summed E-state index contributed by atoms with van der Waals surface area (Å²) >= 11 is 0. The number of halogens is 2. The maximum atomic E-state index is 12.9. The van der Waals surface area contributed by atoms with Gasteiger partial charge in [-0.3, -0.25) is 9.59 Å². The van der Waals surface area contributed by atoms with Crippen molar-refractivity contribution in [2.75, 3.05) is 19.6 Å². The van der Waals surface area contributed by atoms with Gasteiger partial charge >= 0.3 is 6.61 Å². The molecule has 148 valence electrons. The highest BCUT2D eigenvalue weighted by Gasteiger charge is 2.37. The van der Waals surface area contributed by atoms with E-state index in [2.05, 4.69) is 22.3 Å². The van der Waals surface area contributed by atoms with Crippen LogP contribution < -0.4 is 15.4 Å². The van der Waals surface area contributed by atoms with Crippen molar-refractivity contribution in [2.24, 2.45) is 5.92 Å². The van der Waals surface area contributed by atoms with Gasteiger partial charge < -0.3 is 20.3 Å². The first-order chi connectivity index (χ1) is 13.0. The number of nitrogens with zero attached hydrogens (tertiary/aromatic N) is 1. The minimum atomic E-state index is -3.02. The highest BCUT2D eigenvalue weighted by atomic mass is 19.3. The van der Waals surface area contributed by atoms with Crippen LogP contribution in [0.15, 0.2) is 24.3 Å². The monoisotopic (exact) mass is 381 g/mol. The summed E-state index contributed by atoms with van der Waals surface area (Å²) in [6.07, 6.45) is 2.24. The molecule has 0 aromatic heterocycles. The molecule has 2 amide bonds. The van der Waals surface area contributed by atoms with Crippen LogP contribution in [-0.2, 0) is 4.79 Å². The van der Waals surface area contributed by atoms with Crippen molar-refractivity contribution in [3.8, 4) is 5.75 Å². The number of likely N-dealkylation sites (tertiary alicyclic amines) is 1. The molecule has 0 spiro atoms. The van der Waals surface area contributed by atoms with E-state index < -0.39 is 18.6 Å².